The first kappa shape index (κ1) is 26.5. The van der Waals surface area contributed by atoms with Crippen LogP contribution in [0.25, 0.3) is 0 Å². The molecular formula is C28H38N2O5Si. The molecule has 8 heteroatoms. The molecule has 3 atom stereocenters. The van der Waals surface area contributed by atoms with Gasteiger partial charge in [-0.05, 0) is 54.4 Å². The molecule has 0 fully saturated rings. The number of rotatable bonds is 8. The van der Waals surface area contributed by atoms with Crippen molar-refractivity contribution in [2.24, 2.45) is 5.92 Å². The maximum absolute atomic E-state index is 14.5. The lowest BCUT2D eigenvalue weighted by atomic mass is 9.65. The normalized spacial score (nSPS) is 24.1. The van der Waals surface area contributed by atoms with Crippen LogP contribution in [-0.2, 0) is 15.8 Å². The average molecular weight is 511 g/mol. The van der Waals surface area contributed by atoms with Crippen LogP contribution in [0.1, 0.15) is 68.8 Å². The van der Waals surface area contributed by atoms with Gasteiger partial charge in [0.2, 0.25) is 5.78 Å². The van der Waals surface area contributed by atoms with E-state index in [4.69, 9.17) is 13.7 Å². The molecule has 4 rings (SSSR count). The van der Waals surface area contributed by atoms with Crippen LogP contribution < -0.4 is 4.74 Å². The Morgan fingerprint density at radius 3 is 2.42 bits per heavy atom. The van der Waals surface area contributed by atoms with Gasteiger partial charge in [-0.1, -0.05) is 71.0 Å². The highest BCUT2D eigenvalue weighted by molar-refractivity contribution is 6.74. The number of ether oxygens (including phenoxy) is 1. The number of fused-ring (bicyclic) bond motifs is 2. The maximum Gasteiger partial charge on any atom is 0.265 e. The van der Waals surface area contributed by atoms with E-state index in [0.29, 0.717) is 12.2 Å². The number of ketones is 2. The molecule has 7 nitrogen and oxygen atoms in total. The Morgan fingerprint density at radius 2 is 1.81 bits per heavy atom. The van der Waals surface area contributed by atoms with E-state index in [2.05, 4.69) is 57.8 Å². The van der Waals surface area contributed by atoms with Crippen molar-refractivity contribution >= 4 is 19.9 Å². The van der Waals surface area contributed by atoms with E-state index in [1.165, 1.54) is 6.08 Å². The molecule has 1 heterocycles. The second-order valence-electron chi connectivity index (χ2n) is 11.2. The zero-order valence-electron chi connectivity index (χ0n) is 22.5. The van der Waals surface area contributed by atoms with Gasteiger partial charge in [0.05, 0.1) is 6.04 Å². The van der Waals surface area contributed by atoms with Crippen LogP contribution in [0.5, 0.6) is 5.88 Å². The van der Waals surface area contributed by atoms with Crippen molar-refractivity contribution < 1.29 is 23.3 Å². The molecular weight excluding hydrogens is 472 g/mol. The maximum atomic E-state index is 14.5. The highest BCUT2D eigenvalue weighted by Crippen LogP contribution is 2.54. The molecule has 0 bridgehead atoms. The van der Waals surface area contributed by atoms with Crippen LogP contribution in [0.15, 0.2) is 47.0 Å². The van der Waals surface area contributed by atoms with Gasteiger partial charge in [-0.15, -0.1) is 0 Å². The summed E-state index contributed by atoms with van der Waals surface area (Å²) in [4.78, 5) is 30.5. The summed E-state index contributed by atoms with van der Waals surface area (Å²) in [5.41, 5.74) is -0.449. The number of allylic oxidation sites excluding steroid dienone is 1. The molecule has 1 aromatic heterocycles. The van der Waals surface area contributed by atoms with E-state index in [-0.39, 0.29) is 34.9 Å². The quantitative estimate of drug-likeness (QED) is 0.331. The van der Waals surface area contributed by atoms with Gasteiger partial charge in [0.15, 0.2) is 25.5 Å². The standard InChI is InChI=1S/C28H38N2O5Si/c1-8-30(9-2)23-20-16-13-17-21(31)28(20,35-36(6,7)27(3,4)5)25(32)22-24(23)34-29-26(22)33-18-19-14-11-10-12-15-19/h10-15,17,20,23H,8-9,16,18H2,1-7H3/t20?,23-,28-/m0/s1. The zero-order chi connectivity index (χ0) is 26.3. The Morgan fingerprint density at radius 1 is 1.14 bits per heavy atom. The molecule has 0 aliphatic heterocycles. The first-order chi connectivity index (χ1) is 17.0. The molecule has 0 saturated heterocycles. The monoisotopic (exact) mass is 510 g/mol. The molecule has 0 spiro atoms. The zero-order valence-corrected chi connectivity index (χ0v) is 23.5. The summed E-state index contributed by atoms with van der Waals surface area (Å²) in [6.45, 7) is 16.3. The molecule has 2 aromatic rings. The minimum atomic E-state index is -2.55. The van der Waals surface area contributed by atoms with Crippen molar-refractivity contribution in [3.05, 3.63) is 59.4 Å². The number of benzene rings is 1. The fraction of sp³-hybridized carbons (Fsp3) is 0.536. The molecule has 194 valence electrons. The van der Waals surface area contributed by atoms with Gasteiger partial charge >= 0.3 is 0 Å². The van der Waals surface area contributed by atoms with Gasteiger partial charge in [-0.2, -0.15) is 0 Å². The van der Waals surface area contributed by atoms with Crippen molar-refractivity contribution in [3.8, 4) is 5.88 Å². The van der Waals surface area contributed by atoms with E-state index in [0.717, 1.165) is 18.7 Å². The molecule has 0 saturated carbocycles. The predicted molar refractivity (Wildman–Crippen MR) is 141 cm³/mol. The van der Waals surface area contributed by atoms with Gasteiger partial charge in [-0.3, -0.25) is 14.5 Å². The Labute approximate surface area is 215 Å². The lowest BCUT2D eigenvalue weighted by molar-refractivity contribution is -0.135. The minimum absolute atomic E-state index is 0.120. The second kappa shape index (κ2) is 9.72. The van der Waals surface area contributed by atoms with Gasteiger partial charge in [-0.25, -0.2) is 0 Å². The highest BCUT2D eigenvalue weighted by atomic mass is 28.4. The Balaban J connectivity index is 1.88. The Hall–Kier alpha value is -2.55. The number of Topliss-reactive ketones (excluding diaryl/α,β-unsaturated/α-hetero) is 1. The SMILES string of the molecule is CCN(CC)[C@@H]1c2onc(OCc3ccccc3)c2C(=O)[C@@]2(O[Si](C)(C)C(C)(C)C)C(=O)C=CCC12. The number of nitrogens with zero attached hydrogens (tertiary/aromatic N) is 2. The lowest BCUT2D eigenvalue weighted by Gasteiger charge is -2.52. The topological polar surface area (TPSA) is 81.9 Å². The van der Waals surface area contributed by atoms with Crippen LogP contribution in [-0.4, -0.2) is 48.6 Å². The fourth-order valence-electron chi connectivity index (χ4n) is 5.08. The fourth-order valence-corrected chi connectivity index (χ4v) is 6.54. The number of hydrogen-bond donors (Lipinski definition) is 0. The molecule has 1 aromatic carbocycles. The van der Waals surface area contributed by atoms with Crippen LogP contribution >= 0.6 is 0 Å². The Kier molecular flexibility index (Phi) is 7.16. The van der Waals surface area contributed by atoms with Gasteiger partial charge in [0, 0.05) is 5.92 Å². The third-order valence-electron chi connectivity index (χ3n) is 8.10. The summed E-state index contributed by atoms with van der Waals surface area (Å²) in [5.74, 6) is -0.524. The van der Waals surface area contributed by atoms with Crippen molar-refractivity contribution in [3.63, 3.8) is 0 Å². The van der Waals surface area contributed by atoms with Gasteiger partial charge < -0.3 is 13.7 Å². The third-order valence-corrected chi connectivity index (χ3v) is 12.5. The summed E-state index contributed by atoms with van der Waals surface area (Å²) < 4.78 is 18.8. The summed E-state index contributed by atoms with van der Waals surface area (Å²) >= 11 is 0. The largest absolute Gasteiger partial charge is 0.470 e. The Bertz CT molecular complexity index is 1150. The predicted octanol–water partition coefficient (Wildman–Crippen LogP) is 5.74. The van der Waals surface area contributed by atoms with Gasteiger partial charge in [0.25, 0.3) is 5.88 Å². The van der Waals surface area contributed by atoms with E-state index >= 15 is 0 Å². The van der Waals surface area contributed by atoms with Crippen molar-refractivity contribution in [1.29, 1.82) is 0 Å². The molecule has 0 amide bonds. The minimum Gasteiger partial charge on any atom is -0.470 e. The van der Waals surface area contributed by atoms with E-state index < -0.39 is 25.6 Å². The van der Waals surface area contributed by atoms with E-state index in [1.54, 1.807) is 0 Å². The van der Waals surface area contributed by atoms with E-state index in [1.807, 2.05) is 36.4 Å². The molecule has 0 N–H and O–H groups in total. The second-order valence-corrected chi connectivity index (χ2v) is 15.9. The summed E-state index contributed by atoms with van der Waals surface area (Å²) in [6, 6.07) is 9.34. The number of hydrogen-bond acceptors (Lipinski definition) is 7. The first-order valence-electron chi connectivity index (χ1n) is 12.8. The third kappa shape index (κ3) is 4.29. The van der Waals surface area contributed by atoms with Crippen LogP contribution in [0.3, 0.4) is 0 Å². The summed E-state index contributed by atoms with van der Waals surface area (Å²) in [6.07, 6.45) is 3.91. The lowest BCUT2D eigenvalue weighted by Crippen LogP contribution is -2.66. The summed E-state index contributed by atoms with van der Waals surface area (Å²) in [7, 11) is -2.55. The highest BCUT2D eigenvalue weighted by Gasteiger charge is 2.65. The molecule has 36 heavy (non-hydrogen) atoms. The smallest absolute Gasteiger partial charge is 0.265 e. The van der Waals surface area contributed by atoms with Crippen LogP contribution in [0, 0.1) is 5.92 Å². The van der Waals surface area contributed by atoms with Crippen LogP contribution in [0.2, 0.25) is 18.1 Å². The molecule has 2 aliphatic rings. The number of aromatic nitrogens is 1. The van der Waals surface area contributed by atoms with Gasteiger partial charge in [0.1, 0.15) is 12.2 Å². The number of carbonyl (C=O) groups is 2. The first-order valence-corrected chi connectivity index (χ1v) is 15.7. The average Bonchev–Trinajstić information content (AvgIpc) is 3.25. The van der Waals surface area contributed by atoms with Crippen molar-refractivity contribution in [2.75, 3.05) is 13.1 Å². The number of carbonyl (C=O) groups excluding carboxylic acids is 2. The van der Waals surface area contributed by atoms with Crippen molar-refractivity contribution in [2.45, 2.75) is 77.4 Å². The van der Waals surface area contributed by atoms with Crippen molar-refractivity contribution in [1.82, 2.24) is 10.1 Å². The molecule has 1 unspecified atom stereocenters. The molecule has 0 radical (unpaired) electrons. The summed E-state index contributed by atoms with van der Waals surface area (Å²) in [5, 5.41) is 4.01. The van der Waals surface area contributed by atoms with Crippen LogP contribution in [0.4, 0.5) is 0 Å². The van der Waals surface area contributed by atoms with E-state index in [9.17, 15) is 9.59 Å². The molecule has 2 aliphatic carbocycles.